The molecule has 2 aliphatic rings. The first-order valence-electron chi connectivity index (χ1n) is 10.1. The highest BCUT2D eigenvalue weighted by Crippen LogP contribution is 2.42. The third-order valence-electron chi connectivity index (χ3n) is 5.89. The minimum Gasteiger partial charge on any atom is -0.493 e. The molecule has 6 rings (SSSR count). The lowest BCUT2D eigenvalue weighted by Crippen LogP contribution is -2.13. The van der Waals surface area contributed by atoms with Crippen molar-refractivity contribution in [2.24, 2.45) is 0 Å². The van der Waals surface area contributed by atoms with Crippen LogP contribution in [0, 0.1) is 5.82 Å². The van der Waals surface area contributed by atoms with Gasteiger partial charge in [-0.2, -0.15) is 13.2 Å². The Hall–Kier alpha value is -3.89. The van der Waals surface area contributed by atoms with Crippen LogP contribution in [0.3, 0.4) is 0 Å². The van der Waals surface area contributed by atoms with Gasteiger partial charge in [0.15, 0.2) is 17.2 Å². The molecule has 0 aliphatic carbocycles. The van der Waals surface area contributed by atoms with E-state index in [2.05, 4.69) is 20.5 Å². The number of hydrogen-bond donors (Lipinski definition) is 1. The molecule has 2 aliphatic heterocycles. The lowest BCUT2D eigenvalue weighted by molar-refractivity contribution is -0.137. The highest BCUT2D eigenvalue weighted by Gasteiger charge is 2.33. The third kappa shape index (κ3) is 3.14. The van der Waals surface area contributed by atoms with Gasteiger partial charge < -0.3 is 14.8 Å². The average molecular weight is 457 g/mol. The molecule has 0 fully saturated rings. The van der Waals surface area contributed by atoms with Crippen LogP contribution < -0.4 is 14.8 Å². The van der Waals surface area contributed by atoms with Crippen molar-refractivity contribution >= 4 is 11.5 Å². The quantitative estimate of drug-likeness (QED) is 0.427. The lowest BCUT2D eigenvalue weighted by atomic mass is 9.96. The molecule has 1 atom stereocenters. The average Bonchev–Trinajstić information content (AvgIpc) is 3.44. The smallest absolute Gasteiger partial charge is 0.417 e. The standard InChI is InChI=1S/C22H15F4N5O2/c23-15-2-4-17-19-11(8-32-17)9-33-18-5-13(16-3-1-12(6-27-16)22(24,25)26)20-30-29-10-31(20)21(18)28-7-14(15)19/h1-6,10-11,28H,7-9H2/t11-/m1/s1. The number of hydrogen-bond acceptors (Lipinski definition) is 6. The fourth-order valence-electron chi connectivity index (χ4n) is 4.29. The molecule has 1 N–H and O–H groups in total. The Morgan fingerprint density at radius 2 is 1.88 bits per heavy atom. The highest BCUT2D eigenvalue weighted by molar-refractivity contribution is 5.80. The minimum absolute atomic E-state index is 0.164. The molecule has 5 heterocycles. The van der Waals surface area contributed by atoms with Crippen molar-refractivity contribution in [2.75, 3.05) is 18.5 Å². The van der Waals surface area contributed by atoms with Gasteiger partial charge in [-0.05, 0) is 30.3 Å². The third-order valence-corrected chi connectivity index (χ3v) is 5.89. The first kappa shape index (κ1) is 19.8. The molecular weight excluding hydrogens is 442 g/mol. The number of benzene rings is 1. The number of pyridine rings is 2. The predicted octanol–water partition coefficient (Wildman–Crippen LogP) is 4.43. The fraction of sp³-hybridized carbons (Fsp3) is 0.227. The fourth-order valence-corrected chi connectivity index (χ4v) is 4.29. The van der Waals surface area contributed by atoms with Gasteiger partial charge >= 0.3 is 6.18 Å². The Bertz CT molecular complexity index is 1380. The van der Waals surface area contributed by atoms with Crippen molar-refractivity contribution in [1.82, 2.24) is 19.6 Å². The Morgan fingerprint density at radius 1 is 1.06 bits per heavy atom. The molecule has 0 saturated carbocycles. The maximum atomic E-state index is 14.7. The molecule has 7 nitrogen and oxygen atoms in total. The van der Waals surface area contributed by atoms with Crippen LogP contribution in [0.2, 0.25) is 0 Å². The molecule has 0 spiro atoms. The van der Waals surface area contributed by atoms with Crippen molar-refractivity contribution in [2.45, 2.75) is 18.6 Å². The molecule has 1 aromatic carbocycles. The Kier molecular flexibility index (Phi) is 4.23. The number of rotatable bonds is 1. The zero-order chi connectivity index (χ0) is 22.7. The van der Waals surface area contributed by atoms with E-state index in [1.54, 1.807) is 16.5 Å². The number of fused-ring (bicyclic) bond motifs is 3. The van der Waals surface area contributed by atoms with Crippen LogP contribution in [0.4, 0.5) is 23.4 Å². The molecule has 0 bridgehead atoms. The van der Waals surface area contributed by atoms with E-state index in [1.807, 2.05) is 0 Å². The summed E-state index contributed by atoms with van der Waals surface area (Å²) in [6, 6.07) is 6.90. The van der Waals surface area contributed by atoms with Crippen LogP contribution in [0.15, 0.2) is 42.9 Å². The van der Waals surface area contributed by atoms with Crippen LogP contribution in [0.25, 0.3) is 16.9 Å². The summed E-state index contributed by atoms with van der Waals surface area (Å²) >= 11 is 0. The first-order chi connectivity index (χ1) is 15.9. The summed E-state index contributed by atoms with van der Waals surface area (Å²) in [7, 11) is 0. The summed E-state index contributed by atoms with van der Waals surface area (Å²) in [5, 5.41) is 11.3. The number of ether oxygens (including phenoxy) is 2. The van der Waals surface area contributed by atoms with E-state index >= 15 is 0 Å². The predicted molar refractivity (Wildman–Crippen MR) is 109 cm³/mol. The largest absolute Gasteiger partial charge is 0.493 e. The number of aromatic nitrogens is 4. The van der Waals surface area contributed by atoms with Crippen molar-refractivity contribution in [3.8, 4) is 22.8 Å². The van der Waals surface area contributed by atoms with Crippen molar-refractivity contribution in [1.29, 1.82) is 0 Å². The molecule has 4 aromatic rings. The topological polar surface area (TPSA) is 73.6 Å². The molecule has 0 unspecified atom stereocenters. The second-order valence-electron chi connectivity index (χ2n) is 7.84. The highest BCUT2D eigenvalue weighted by atomic mass is 19.4. The van der Waals surface area contributed by atoms with Gasteiger partial charge in [0.2, 0.25) is 0 Å². The van der Waals surface area contributed by atoms with E-state index in [0.29, 0.717) is 40.7 Å². The Balaban J connectivity index is 1.46. The Labute approximate surface area is 184 Å². The normalized spacial score (nSPS) is 17.2. The first-order valence-corrected chi connectivity index (χ1v) is 10.1. The van der Waals surface area contributed by atoms with E-state index < -0.39 is 11.7 Å². The van der Waals surface area contributed by atoms with Crippen LogP contribution >= 0.6 is 0 Å². The van der Waals surface area contributed by atoms with Crippen LogP contribution in [-0.2, 0) is 12.7 Å². The zero-order valence-corrected chi connectivity index (χ0v) is 16.9. The van der Waals surface area contributed by atoms with Gasteiger partial charge in [-0.1, -0.05) is 0 Å². The summed E-state index contributed by atoms with van der Waals surface area (Å²) in [4.78, 5) is 3.99. The molecule has 168 valence electrons. The van der Waals surface area contributed by atoms with Crippen LogP contribution in [0.5, 0.6) is 11.5 Å². The van der Waals surface area contributed by atoms with Crippen molar-refractivity contribution < 1.29 is 27.0 Å². The summed E-state index contributed by atoms with van der Waals surface area (Å²) in [6.45, 7) is 0.769. The number of halogens is 4. The minimum atomic E-state index is -4.49. The summed E-state index contributed by atoms with van der Waals surface area (Å²) in [6.07, 6.45) is -2.25. The number of anilines is 1. The van der Waals surface area contributed by atoms with Gasteiger partial charge in [0, 0.05) is 29.4 Å². The van der Waals surface area contributed by atoms with Gasteiger partial charge in [-0.25, -0.2) is 4.39 Å². The molecule has 33 heavy (non-hydrogen) atoms. The van der Waals surface area contributed by atoms with E-state index in [0.717, 1.165) is 17.8 Å². The lowest BCUT2D eigenvalue weighted by Gasteiger charge is -2.16. The van der Waals surface area contributed by atoms with E-state index in [-0.39, 0.29) is 30.6 Å². The monoisotopic (exact) mass is 457 g/mol. The molecule has 0 saturated heterocycles. The van der Waals surface area contributed by atoms with E-state index in [1.165, 1.54) is 18.5 Å². The maximum absolute atomic E-state index is 14.7. The van der Waals surface area contributed by atoms with Gasteiger partial charge in [-0.15, -0.1) is 10.2 Å². The molecule has 0 radical (unpaired) electrons. The molecule has 11 heteroatoms. The number of nitrogens with one attached hydrogen (secondary N) is 1. The second-order valence-corrected chi connectivity index (χ2v) is 7.84. The number of alkyl halides is 3. The second kappa shape index (κ2) is 7.06. The van der Waals surface area contributed by atoms with Crippen molar-refractivity contribution in [3.63, 3.8) is 0 Å². The van der Waals surface area contributed by atoms with E-state index in [4.69, 9.17) is 9.47 Å². The summed E-state index contributed by atoms with van der Waals surface area (Å²) < 4.78 is 67.0. The molecule has 0 amide bonds. The Morgan fingerprint density at radius 3 is 2.64 bits per heavy atom. The van der Waals surface area contributed by atoms with Crippen LogP contribution in [0.1, 0.15) is 22.6 Å². The molecular formula is C22H15F4N5O2. The zero-order valence-electron chi connectivity index (χ0n) is 16.9. The van der Waals surface area contributed by atoms with Crippen LogP contribution in [-0.4, -0.2) is 32.8 Å². The number of nitrogens with zero attached hydrogens (tertiary/aromatic N) is 4. The SMILES string of the molecule is Fc1ccc2c3c1CNc1c(cc(-c4ccc(C(F)(F)F)cn4)c4nncn14)OC[C@H]3CO2. The maximum Gasteiger partial charge on any atom is 0.417 e. The molecule has 3 aromatic heterocycles. The summed E-state index contributed by atoms with van der Waals surface area (Å²) in [5.74, 6) is 1.05. The van der Waals surface area contributed by atoms with Gasteiger partial charge in [-0.3, -0.25) is 9.38 Å². The van der Waals surface area contributed by atoms with Crippen molar-refractivity contribution in [3.05, 3.63) is 65.4 Å². The van der Waals surface area contributed by atoms with Gasteiger partial charge in [0.25, 0.3) is 0 Å². The van der Waals surface area contributed by atoms with Gasteiger partial charge in [0.1, 0.15) is 17.9 Å². The van der Waals surface area contributed by atoms with E-state index in [9.17, 15) is 17.6 Å². The summed E-state index contributed by atoms with van der Waals surface area (Å²) in [5.41, 5.74) is 1.54. The van der Waals surface area contributed by atoms with Gasteiger partial charge in [0.05, 0.1) is 30.4 Å².